The summed E-state index contributed by atoms with van der Waals surface area (Å²) in [5, 5.41) is 1.11. The second-order valence-electron chi connectivity index (χ2n) is 8.60. The van der Waals surface area contributed by atoms with Gasteiger partial charge in [-0.1, -0.05) is 47.7 Å². The van der Waals surface area contributed by atoms with Crippen LogP contribution in [0.5, 0.6) is 5.75 Å². The van der Waals surface area contributed by atoms with E-state index in [2.05, 4.69) is 59.9 Å². The molecule has 0 aliphatic rings. The lowest BCUT2D eigenvalue weighted by atomic mass is 10.1. The van der Waals surface area contributed by atoms with E-state index >= 15 is 0 Å². The number of imidazole rings is 1. The van der Waals surface area contributed by atoms with Crippen molar-refractivity contribution < 1.29 is 4.74 Å². The Morgan fingerprint density at radius 3 is 2.53 bits per heavy atom. The molecule has 34 heavy (non-hydrogen) atoms. The molecule has 0 N–H and O–H groups in total. The lowest BCUT2D eigenvalue weighted by molar-refractivity contribution is 0.300. The fourth-order valence-corrected chi connectivity index (χ4v) is 5.58. The lowest BCUT2D eigenvalue weighted by Crippen LogP contribution is -2.22. The summed E-state index contributed by atoms with van der Waals surface area (Å²) in [6.45, 7) is 5.43. The van der Waals surface area contributed by atoms with E-state index in [1.54, 1.807) is 4.40 Å². The Hall–Kier alpha value is -3.90. The fourth-order valence-electron chi connectivity index (χ4n) is 4.61. The zero-order valence-electron chi connectivity index (χ0n) is 19.0. The van der Waals surface area contributed by atoms with E-state index < -0.39 is 0 Å². The summed E-state index contributed by atoms with van der Waals surface area (Å²) in [4.78, 5) is 18.6. The Balaban J connectivity index is 1.36. The van der Waals surface area contributed by atoms with Crippen molar-refractivity contribution in [3.8, 4) is 5.75 Å². The van der Waals surface area contributed by atoms with E-state index in [1.165, 1.54) is 22.5 Å². The van der Waals surface area contributed by atoms with Crippen LogP contribution in [0, 0.1) is 13.8 Å². The highest BCUT2D eigenvalue weighted by Gasteiger charge is 2.12. The maximum absolute atomic E-state index is 13.2. The van der Waals surface area contributed by atoms with Gasteiger partial charge in [0.05, 0.1) is 22.1 Å². The highest BCUT2D eigenvalue weighted by Crippen LogP contribution is 2.23. The quantitative estimate of drug-likeness (QED) is 0.356. The van der Waals surface area contributed by atoms with E-state index in [-0.39, 0.29) is 5.56 Å². The first kappa shape index (κ1) is 20.7. The van der Waals surface area contributed by atoms with Gasteiger partial charge in [-0.05, 0) is 61.4 Å². The third-order valence-electron chi connectivity index (χ3n) is 6.05. The smallest absolute Gasteiger partial charge is 0.274 e. The van der Waals surface area contributed by atoms with Crippen molar-refractivity contribution >= 4 is 44.3 Å². The molecule has 6 rings (SSSR count). The maximum Gasteiger partial charge on any atom is 0.274 e. The van der Waals surface area contributed by atoms with Crippen LogP contribution in [0.25, 0.3) is 33.0 Å². The van der Waals surface area contributed by atoms with Crippen molar-refractivity contribution in [2.45, 2.75) is 20.4 Å². The Morgan fingerprint density at radius 1 is 0.971 bits per heavy atom. The predicted molar refractivity (Wildman–Crippen MR) is 139 cm³/mol. The molecule has 0 fully saturated rings. The molecule has 6 aromatic rings. The monoisotopic (exact) mass is 465 g/mol. The van der Waals surface area contributed by atoms with Crippen molar-refractivity contribution in [1.29, 1.82) is 0 Å². The maximum atomic E-state index is 13.2. The Kier molecular flexibility index (Phi) is 4.96. The molecule has 3 aromatic carbocycles. The van der Waals surface area contributed by atoms with Crippen LogP contribution in [0.4, 0.5) is 0 Å². The van der Waals surface area contributed by atoms with Gasteiger partial charge in [-0.15, -0.1) is 0 Å². The van der Waals surface area contributed by atoms with Crippen LogP contribution in [0.15, 0.2) is 77.7 Å². The lowest BCUT2D eigenvalue weighted by Gasteiger charge is -2.10. The molecule has 5 nitrogen and oxygen atoms in total. The molecule has 0 aliphatic carbocycles. The van der Waals surface area contributed by atoms with Crippen molar-refractivity contribution in [3.05, 3.63) is 105 Å². The highest BCUT2D eigenvalue weighted by molar-refractivity contribution is 7.15. The van der Waals surface area contributed by atoms with E-state index in [4.69, 9.17) is 4.74 Å². The van der Waals surface area contributed by atoms with Crippen LogP contribution < -0.4 is 14.8 Å². The molecule has 0 atom stereocenters. The molecular weight excluding hydrogens is 442 g/mol. The minimum atomic E-state index is -0.0244. The van der Waals surface area contributed by atoms with Crippen LogP contribution in [0.2, 0.25) is 0 Å². The number of hydrogen-bond acceptors (Lipinski definition) is 4. The number of fused-ring (bicyclic) bond motifs is 4. The van der Waals surface area contributed by atoms with Crippen molar-refractivity contribution in [2.75, 3.05) is 6.61 Å². The average molecular weight is 466 g/mol. The summed E-state index contributed by atoms with van der Waals surface area (Å²) in [5.41, 5.74) is 6.21. The normalized spacial score (nSPS) is 12.4. The summed E-state index contributed by atoms with van der Waals surface area (Å²) < 4.78 is 10.6. The number of aryl methyl sites for hydroxylation is 2. The highest BCUT2D eigenvalue weighted by atomic mass is 32.1. The summed E-state index contributed by atoms with van der Waals surface area (Å²) in [6, 6.07) is 22.3. The molecule has 6 heteroatoms. The zero-order valence-corrected chi connectivity index (χ0v) is 19.8. The number of aromatic nitrogens is 3. The molecule has 0 saturated heterocycles. The van der Waals surface area contributed by atoms with Gasteiger partial charge in [0.1, 0.15) is 12.4 Å². The number of thiazole rings is 1. The Morgan fingerprint density at radius 2 is 1.71 bits per heavy atom. The minimum absolute atomic E-state index is 0.0244. The molecule has 3 aromatic heterocycles. The largest absolute Gasteiger partial charge is 0.492 e. The Labute approximate surface area is 200 Å². The molecule has 0 radical (unpaired) electrons. The van der Waals surface area contributed by atoms with E-state index in [0.29, 0.717) is 17.7 Å². The number of hydrogen-bond donors (Lipinski definition) is 0. The molecule has 168 valence electrons. The molecule has 0 amide bonds. The Bertz CT molecular complexity index is 1770. The van der Waals surface area contributed by atoms with Crippen molar-refractivity contribution in [3.63, 3.8) is 0 Å². The summed E-state index contributed by atoms with van der Waals surface area (Å²) in [7, 11) is 0. The van der Waals surface area contributed by atoms with E-state index in [9.17, 15) is 4.79 Å². The van der Waals surface area contributed by atoms with Crippen molar-refractivity contribution in [2.24, 2.45) is 0 Å². The number of para-hydroxylation sites is 3. The van der Waals surface area contributed by atoms with Crippen molar-refractivity contribution in [1.82, 2.24) is 14.0 Å². The van der Waals surface area contributed by atoms with Gasteiger partial charge in [-0.2, -0.15) is 0 Å². The van der Waals surface area contributed by atoms with Crippen LogP contribution in [0.1, 0.15) is 16.7 Å². The first-order chi connectivity index (χ1) is 16.6. The van der Waals surface area contributed by atoms with Crippen LogP contribution in [0.3, 0.4) is 0 Å². The van der Waals surface area contributed by atoms with E-state index in [0.717, 1.165) is 38.2 Å². The molecular formula is C28H23N3O2S. The van der Waals surface area contributed by atoms with Gasteiger partial charge in [0.25, 0.3) is 5.56 Å². The van der Waals surface area contributed by atoms with Crippen LogP contribution in [-0.4, -0.2) is 20.6 Å². The zero-order chi connectivity index (χ0) is 23.2. The number of nitrogens with zero attached hydrogens (tertiary/aromatic N) is 3. The fraction of sp³-hybridized carbons (Fsp3) is 0.143. The molecule has 0 aliphatic heterocycles. The standard InChI is InChI=1S/C28H23N3O2S/c1-18-13-19(2)15-21(14-18)33-12-11-30-17-20(22-7-3-5-9-24(22)30)16-26-27(32)31-25-10-6-4-8-23(25)29-28(31)34-26/h3-10,13-17H,11-12H2,1-2H3. The summed E-state index contributed by atoms with van der Waals surface area (Å²) in [6.07, 6.45) is 4.09. The first-order valence-corrected chi connectivity index (χ1v) is 12.1. The molecule has 3 heterocycles. The van der Waals surface area contributed by atoms with Gasteiger partial charge < -0.3 is 9.30 Å². The van der Waals surface area contributed by atoms with Gasteiger partial charge in [-0.3, -0.25) is 4.79 Å². The van der Waals surface area contributed by atoms with Gasteiger partial charge in [-0.25, -0.2) is 9.38 Å². The predicted octanol–water partition coefficient (Wildman–Crippen LogP) is 5.11. The summed E-state index contributed by atoms with van der Waals surface area (Å²) in [5.74, 6) is 0.894. The molecule has 0 unspecified atom stereocenters. The average Bonchev–Trinajstić information content (AvgIpc) is 3.45. The topological polar surface area (TPSA) is 48.5 Å². The second kappa shape index (κ2) is 8.15. The third-order valence-corrected chi connectivity index (χ3v) is 7.02. The molecule has 0 spiro atoms. The van der Waals surface area contributed by atoms with Gasteiger partial charge in [0.2, 0.25) is 0 Å². The summed E-state index contributed by atoms with van der Waals surface area (Å²) >= 11 is 1.43. The van der Waals surface area contributed by atoms with Gasteiger partial charge >= 0.3 is 0 Å². The number of benzene rings is 3. The van der Waals surface area contributed by atoms with Crippen LogP contribution >= 0.6 is 11.3 Å². The third kappa shape index (κ3) is 3.56. The van der Waals surface area contributed by atoms with Gasteiger partial charge in [0.15, 0.2) is 4.96 Å². The van der Waals surface area contributed by atoms with Gasteiger partial charge in [0, 0.05) is 22.7 Å². The second-order valence-corrected chi connectivity index (χ2v) is 9.61. The number of rotatable bonds is 5. The van der Waals surface area contributed by atoms with Crippen LogP contribution in [-0.2, 0) is 6.54 Å². The molecule has 0 saturated carbocycles. The minimum Gasteiger partial charge on any atom is -0.492 e. The number of ether oxygens (including phenoxy) is 1. The first-order valence-electron chi connectivity index (χ1n) is 11.3. The van der Waals surface area contributed by atoms with E-state index in [1.807, 2.05) is 42.5 Å². The molecule has 0 bridgehead atoms. The SMILES string of the molecule is Cc1cc(C)cc(OCCn2cc(C=c3sc4nc5ccccc5n4c3=O)c3ccccc32)c1.